The van der Waals surface area contributed by atoms with Gasteiger partial charge in [0, 0.05) is 18.2 Å². The maximum Gasteiger partial charge on any atom is 0.260 e. The molecule has 0 aliphatic carbocycles. The van der Waals surface area contributed by atoms with Crippen molar-refractivity contribution in [3.8, 4) is 5.75 Å². The van der Waals surface area contributed by atoms with Gasteiger partial charge in [-0.3, -0.25) is 4.79 Å². The Morgan fingerprint density at radius 3 is 2.81 bits per heavy atom. The number of nitrogens with one attached hydrogen (secondary N) is 1. The van der Waals surface area contributed by atoms with E-state index in [1.807, 2.05) is 0 Å². The van der Waals surface area contributed by atoms with E-state index in [-0.39, 0.29) is 17.9 Å². The molecule has 1 aromatic rings. The van der Waals surface area contributed by atoms with Crippen molar-refractivity contribution >= 4 is 17.5 Å². The van der Waals surface area contributed by atoms with Gasteiger partial charge in [0.15, 0.2) is 6.10 Å². The maximum atomic E-state index is 12.0. The second kappa shape index (κ2) is 8.25. The molecule has 21 heavy (non-hydrogen) atoms. The summed E-state index contributed by atoms with van der Waals surface area (Å²) in [6.45, 7) is 6.55. The van der Waals surface area contributed by atoms with Crippen LogP contribution in [0.25, 0.3) is 0 Å². The van der Waals surface area contributed by atoms with E-state index in [1.54, 1.807) is 31.2 Å². The second-order valence-corrected chi connectivity index (χ2v) is 6.36. The summed E-state index contributed by atoms with van der Waals surface area (Å²) in [7, 11) is 0. The van der Waals surface area contributed by atoms with Gasteiger partial charge in [-0.1, -0.05) is 31.5 Å². The number of carbonyl (C=O) groups excluding carboxylic acids is 1. The Hall–Kier alpha value is -1.26. The minimum absolute atomic E-state index is 0.0475. The van der Waals surface area contributed by atoms with Gasteiger partial charge in [-0.15, -0.1) is 0 Å². The Kier molecular flexibility index (Phi) is 6.99. The number of amides is 1. The molecule has 1 aromatic carbocycles. The van der Waals surface area contributed by atoms with Crippen LogP contribution in [-0.4, -0.2) is 30.3 Å². The molecule has 0 saturated heterocycles. The number of carbonyl (C=O) groups is 1. The van der Waals surface area contributed by atoms with E-state index in [9.17, 15) is 4.79 Å². The molecule has 0 radical (unpaired) electrons. The molecule has 0 aromatic heterocycles. The van der Waals surface area contributed by atoms with E-state index >= 15 is 0 Å². The monoisotopic (exact) mass is 313 g/mol. The fourth-order valence-electron chi connectivity index (χ4n) is 1.91. The molecule has 5 heteroatoms. The van der Waals surface area contributed by atoms with Gasteiger partial charge in [-0.2, -0.15) is 0 Å². The molecule has 1 unspecified atom stereocenters. The number of rotatable bonds is 8. The highest BCUT2D eigenvalue weighted by Crippen LogP contribution is 2.21. The van der Waals surface area contributed by atoms with Crippen LogP contribution in [0.4, 0.5) is 0 Å². The first-order valence-electron chi connectivity index (χ1n) is 7.15. The van der Waals surface area contributed by atoms with Crippen LogP contribution in [0.5, 0.6) is 5.75 Å². The number of halogens is 1. The lowest BCUT2D eigenvalue weighted by atomic mass is 9.88. The van der Waals surface area contributed by atoms with Gasteiger partial charge < -0.3 is 15.2 Å². The van der Waals surface area contributed by atoms with Crippen molar-refractivity contribution in [1.82, 2.24) is 5.32 Å². The number of benzene rings is 1. The second-order valence-electron chi connectivity index (χ2n) is 5.93. The average molecular weight is 314 g/mol. The summed E-state index contributed by atoms with van der Waals surface area (Å²) in [6.07, 6.45) is 1.00. The lowest BCUT2D eigenvalue weighted by Gasteiger charge is -2.25. The molecule has 0 saturated carbocycles. The zero-order chi connectivity index (χ0) is 15.9. The van der Waals surface area contributed by atoms with Gasteiger partial charge in [0.2, 0.25) is 0 Å². The molecule has 1 rings (SSSR count). The standard InChI is InChI=1S/C16H24ClNO3/c1-12(21-14-7-4-6-13(17)10-14)15(20)18-11-16(2,3)8-5-9-19/h4,6-7,10,12,19H,5,8-9,11H2,1-3H3,(H,18,20). The maximum absolute atomic E-state index is 12.0. The van der Waals surface area contributed by atoms with Crippen molar-refractivity contribution in [2.75, 3.05) is 13.2 Å². The highest BCUT2D eigenvalue weighted by Gasteiger charge is 2.21. The molecule has 0 aliphatic rings. The SMILES string of the molecule is CC(Oc1cccc(Cl)c1)C(=O)NCC(C)(C)CCCO. The molecule has 118 valence electrons. The molecule has 0 spiro atoms. The molecule has 1 amide bonds. The highest BCUT2D eigenvalue weighted by atomic mass is 35.5. The zero-order valence-corrected chi connectivity index (χ0v) is 13.6. The fraction of sp³-hybridized carbons (Fsp3) is 0.562. The summed E-state index contributed by atoms with van der Waals surface area (Å²) in [4.78, 5) is 12.0. The lowest BCUT2D eigenvalue weighted by Crippen LogP contribution is -2.41. The molecule has 0 heterocycles. The Morgan fingerprint density at radius 2 is 2.19 bits per heavy atom. The van der Waals surface area contributed by atoms with E-state index < -0.39 is 6.10 Å². The summed E-state index contributed by atoms with van der Waals surface area (Å²) in [5.41, 5.74) is -0.0475. The molecule has 0 bridgehead atoms. The summed E-state index contributed by atoms with van der Waals surface area (Å²) < 4.78 is 5.57. The van der Waals surface area contributed by atoms with Crippen molar-refractivity contribution in [1.29, 1.82) is 0 Å². The van der Waals surface area contributed by atoms with Crippen LogP contribution in [-0.2, 0) is 4.79 Å². The van der Waals surface area contributed by atoms with Crippen LogP contribution in [0.15, 0.2) is 24.3 Å². The third kappa shape index (κ3) is 6.82. The third-order valence-electron chi connectivity index (χ3n) is 3.23. The smallest absolute Gasteiger partial charge is 0.260 e. The molecule has 0 aliphatic heterocycles. The minimum Gasteiger partial charge on any atom is -0.481 e. The number of hydrogen-bond acceptors (Lipinski definition) is 3. The molecule has 1 atom stereocenters. The molecule has 2 N–H and O–H groups in total. The van der Waals surface area contributed by atoms with E-state index in [1.165, 1.54) is 0 Å². The summed E-state index contributed by atoms with van der Waals surface area (Å²) in [5.74, 6) is 0.414. The third-order valence-corrected chi connectivity index (χ3v) is 3.47. The normalized spacial score (nSPS) is 12.8. The first kappa shape index (κ1) is 17.8. The summed E-state index contributed by atoms with van der Waals surface area (Å²) in [5, 5.41) is 12.3. The lowest BCUT2D eigenvalue weighted by molar-refractivity contribution is -0.127. The van der Waals surface area contributed by atoms with Crippen molar-refractivity contribution in [3.05, 3.63) is 29.3 Å². The highest BCUT2D eigenvalue weighted by molar-refractivity contribution is 6.30. The largest absolute Gasteiger partial charge is 0.481 e. The van der Waals surface area contributed by atoms with E-state index in [4.69, 9.17) is 21.4 Å². The van der Waals surface area contributed by atoms with Gasteiger partial charge in [-0.25, -0.2) is 0 Å². The van der Waals surface area contributed by atoms with E-state index in [0.717, 1.165) is 12.8 Å². The van der Waals surface area contributed by atoms with Crippen molar-refractivity contribution in [3.63, 3.8) is 0 Å². The summed E-state index contributed by atoms with van der Waals surface area (Å²) >= 11 is 5.88. The van der Waals surface area contributed by atoms with Crippen LogP contribution in [0.1, 0.15) is 33.6 Å². The topological polar surface area (TPSA) is 58.6 Å². The minimum atomic E-state index is -0.586. The van der Waals surface area contributed by atoms with Gasteiger partial charge >= 0.3 is 0 Å². The number of hydrogen-bond donors (Lipinski definition) is 2. The van der Waals surface area contributed by atoms with Crippen molar-refractivity contribution in [2.45, 2.75) is 39.7 Å². The van der Waals surface area contributed by atoms with Gasteiger partial charge in [0.25, 0.3) is 5.91 Å². The fourth-order valence-corrected chi connectivity index (χ4v) is 2.09. The average Bonchev–Trinajstić information content (AvgIpc) is 2.42. The quantitative estimate of drug-likeness (QED) is 0.775. The van der Waals surface area contributed by atoms with E-state index in [0.29, 0.717) is 17.3 Å². The van der Waals surface area contributed by atoms with Crippen LogP contribution in [0.3, 0.4) is 0 Å². The van der Waals surface area contributed by atoms with Gasteiger partial charge in [0.1, 0.15) is 5.75 Å². The predicted molar refractivity (Wildman–Crippen MR) is 84.7 cm³/mol. The number of aliphatic hydroxyl groups is 1. The number of aliphatic hydroxyl groups excluding tert-OH is 1. The summed E-state index contributed by atoms with van der Waals surface area (Å²) in [6, 6.07) is 6.97. The first-order chi connectivity index (χ1) is 9.84. The van der Waals surface area contributed by atoms with Crippen LogP contribution >= 0.6 is 11.6 Å². The Morgan fingerprint density at radius 1 is 1.48 bits per heavy atom. The molecule has 4 nitrogen and oxygen atoms in total. The first-order valence-corrected chi connectivity index (χ1v) is 7.53. The molecular formula is C16H24ClNO3. The van der Waals surface area contributed by atoms with Gasteiger partial charge in [0.05, 0.1) is 0 Å². The van der Waals surface area contributed by atoms with Crippen LogP contribution < -0.4 is 10.1 Å². The Balaban J connectivity index is 2.44. The molecule has 0 fully saturated rings. The van der Waals surface area contributed by atoms with E-state index in [2.05, 4.69) is 19.2 Å². The van der Waals surface area contributed by atoms with Crippen LogP contribution in [0, 0.1) is 5.41 Å². The van der Waals surface area contributed by atoms with Gasteiger partial charge in [-0.05, 0) is 43.4 Å². The van der Waals surface area contributed by atoms with Crippen LogP contribution in [0.2, 0.25) is 5.02 Å². The Bertz CT molecular complexity index is 463. The Labute approximate surface area is 131 Å². The number of ether oxygens (including phenoxy) is 1. The van der Waals surface area contributed by atoms with Crippen molar-refractivity contribution < 1.29 is 14.6 Å². The van der Waals surface area contributed by atoms with Crippen molar-refractivity contribution in [2.24, 2.45) is 5.41 Å². The predicted octanol–water partition coefficient (Wildman–Crippen LogP) is 3.02. The molecular weight excluding hydrogens is 290 g/mol. The zero-order valence-electron chi connectivity index (χ0n) is 12.9.